The summed E-state index contributed by atoms with van der Waals surface area (Å²) in [5.74, 6) is 1.15. The molecule has 124 valence electrons. The number of fused-ring (bicyclic) bond motifs is 1. The Morgan fingerprint density at radius 1 is 1.21 bits per heavy atom. The van der Waals surface area contributed by atoms with Crippen LogP contribution in [0.4, 0.5) is 5.95 Å². The minimum absolute atomic E-state index is 0.0430. The van der Waals surface area contributed by atoms with Crippen LogP contribution in [-0.4, -0.2) is 52.2 Å². The van der Waals surface area contributed by atoms with Gasteiger partial charge in [-0.05, 0) is 25.5 Å². The van der Waals surface area contributed by atoms with E-state index in [2.05, 4.69) is 20.1 Å². The third kappa shape index (κ3) is 2.42. The number of furan rings is 1. The number of amides is 1. The van der Waals surface area contributed by atoms with Crippen molar-refractivity contribution in [2.45, 2.75) is 13.8 Å². The Bertz CT molecular complexity index is 876. The standard InChI is InChI=1S/C17H19N5O2/c1-11-3-4-13-12(2)15(24-14(13)9-11)16(23)21-5-7-22(8-6-21)17-18-10-19-20-17/h3-4,9-10H,5-8H2,1-2H3,(H,18,19,20). The second kappa shape index (κ2) is 5.67. The van der Waals surface area contributed by atoms with E-state index in [0.29, 0.717) is 18.8 Å². The number of hydrogen-bond acceptors (Lipinski definition) is 5. The van der Waals surface area contributed by atoms with Crippen molar-refractivity contribution >= 4 is 22.8 Å². The highest BCUT2D eigenvalue weighted by atomic mass is 16.3. The number of carbonyl (C=O) groups excluding carboxylic acids is 1. The molecule has 1 fully saturated rings. The summed E-state index contributed by atoms with van der Waals surface area (Å²) in [6, 6.07) is 6.03. The van der Waals surface area contributed by atoms with Crippen molar-refractivity contribution in [2.75, 3.05) is 31.1 Å². The first kappa shape index (κ1) is 14.7. The molecule has 0 unspecified atom stereocenters. The molecule has 0 radical (unpaired) electrons. The molecule has 3 heterocycles. The van der Waals surface area contributed by atoms with E-state index in [1.54, 1.807) is 0 Å². The van der Waals surface area contributed by atoms with Crippen LogP contribution in [0, 0.1) is 13.8 Å². The van der Waals surface area contributed by atoms with Crippen LogP contribution in [0.25, 0.3) is 11.0 Å². The quantitative estimate of drug-likeness (QED) is 0.781. The molecule has 4 rings (SSSR count). The Morgan fingerprint density at radius 2 is 2.00 bits per heavy atom. The molecule has 0 atom stereocenters. The first-order valence-electron chi connectivity index (χ1n) is 8.03. The predicted molar refractivity (Wildman–Crippen MR) is 90.2 cm³/mol. The number of anilines is 1. The zero-order valence-electron chi connectivity index (χ0n) is 13.7. The topological polar surface area (TPSA) is 78.3 Å². The molecule has 1 aliphatic rings. The maximum atomic E-state index is 12.8. The van der Waals surface area contributed by atoms with E-state index in [9.17, 15) is 4.79 Å². The number of aryl methyl sites for hydroxylation is 2. The fraction of sp³-hybridized carbons (Fsp3) is 0.353. The summed E-state index contributed by atoms with van der Waals surface area (Å²) < 4.78 is 5.86. The molecular weight excluding hydrogens is 306 g/mol. The van der Waals surface area contributed by atoms with E-state index in [4.69, 9.17) is 4.42 Å². The summed E-state index contributed by atoms with van der Waals surface area (Å²) in [5, 5.41) is 7.73. The van der Waals surface area contributed by atoms with Crippen LogP contribution in [0.3, 0.4) is 0 Å². The Labute approximate surface area is 139 Å². The number of carbonyl (C=O) groups is 1. The number of piperazine rings is 1. The molecule has 7 heteroatoms. The van der Waals surface area contributed by atoms with Gasteiger partial charge in [-0.15, -0.1) is 0 Å². The molecular formula is C17H19N5O2. The van der Waals surface area contributed by atoms with Crippen LogP contribution in [0.2, 0.25) is 0 Å². The molecule has 1 aliphatic heterocycles. The van der Waals surface area contributed by atoms with Crippen LogP contribution in [-0.2, 0) is 0 Å². The number of H-pyrrole nitrogens is 1. The summed E-state index contributed by atoms with van der Waals surface area (Å²) in [6.07, 6.45) is 1.49. The predicted octanol–water partition coefficient (Wildman–Crippen LogP) is 2.13. The first-order chi connectivity index (χ1) is 11.6. The molecule has 7 nitrogen and oxygen atoms in total. The van der Waals surface area contributed by atoms with Crippen molar-refractivity contribution in [1.82, 2.24) is 20.1 Å². The van der Waals surface area contributed by atoms with E-state index in [0.717, 1.165) is 41.1 Å². The molecule has 3 aromatic rings. The normalized spacial score (nSPS) is 15.2. The highest BCUT2D eigenvalue weighted by Crippen LogP contribution is 2.27. The highest BCUT2D eigenvalue weighted by molar-refractivity contribution is 5.99. The fourth-order valence-electron chi connectivity index (χ4n) is 3.15. The second-order valence-electron chi connectivity index (χ2n) is 6.14. The zero-order chi connectivity index (χ0) is 16.7. The number of benzene rings is 1. The molecule has 0 saturated carbocycles. The Hall–Kier alpha value is -2.83. The van der Waals surface area contributed by atoms with Crippen molar-refractivity contribution < 1.29 is 9.21 Å². The number of rotatable bonds is 2. The van der Waals surface area contributed by atoms with Crippen molar-refractivity contribution in [1.29, 1.82) is 0 Å². The van der Waals surface area contributed by atoms with Gasteiger partial charge in [-0.25, -0.2) is 5.10 Å². The van der Waals surface area contributed by atoms with Gasteiger partial charge < -0.3 is 14.2 Å². The van der Waals surface area contributed by atoms with Gasteiger partial charge in [-0.3, -0.25) is 4.79 Å². The van der Waals surface area contributed by atoms with Crippen LogP contribution in [0.1, 0.15) is 21.7 Å². The molecule has 0 aliphatic carbocycles. The van der Waals surface area contributed by atoms with Gasteiger partial charge in [0.25, 0.3) is 5.91 Å². The van der Waals surface area contributed by atoms with Gasteiger partial charge in [0.1, 0.15) is 11.9 Å². The number of aromatic nitrogens is 3. The van der Waals surface area contributed by atoms with Crippen molar-refractivity contribution in [3.63, 3.8) is 0 Å². The molecule has 2 aromatic heterocycles. The lowest BCUT2D eigenvalue weighted by atomic mass is 10.1. The maximum absolute atomic E-state index is 12.8. The van der Waals surface area contributed by atoms with E-state index in [1.807, 2.05) is 36.9 Å². The van der Waals surface area contributed by atoms with Gasteiger partial charge in [0.15, 0.2) is 5.76 Å². The summed E-state index contributed by atoms with van der Waals surface area (Å²) in [5.41, 5.74) is 2.81. The lowest BCUT2D eigenvalue weighted by molar-refractivity contribution is 0.0715. The number of nitrogens with one attached hydrogen (secondary N) is 1. The van der Waals surface area contributed by atoms with Gasteiger partial charge in [-0.2, -0.15) is 10.1 Å². The second-order valence-corrected chi connectivity index (χ2v) is 6.14. The van der Waals surface area contributed by atoms with Crippen LogP contribution >= 0.6 is 0 Å². The van der Waals surface area contributed by atoms with Crippen molar-refractivity contribution in [2.24, 2.45) is 0 Å². The Kier molecular flexibility index (Phi) is 3.48. The Morgan fingerprint density at radius 3 is 2.71 bits per heavy atom. The van der Waals surface area contributed by atoms with E-state index >= 15 is 0 Å². The van der Waals surface area contributed by atoms with Gasteiger partial charge in [0.05, 0.1) is 0 Å². The third-order valence-corrected chi connectivity index (χ3v) is 4.56. The molecule has 0 spiro atoms. The lowest BCUT2D eigenvalue weighted by Gasteiger charge is -2.33. The van der Waals surface area contributed by atoms with Gasteiger partial charge in [0, 0.05) is 37.1 Å². The van der Waals surface area contributed by atoms with Crippen LogP contribution in [0.5, 0.6) is 0 Å². The van der Waals surface area contributed by atoms with Crippen molar-refractivity contribution in [3.05, 3.63) is 41.4 Å². The van der Waals surface area contributed by atoms with Gasteiger partial charge in [0.2, 0.25) is 5.95 Å². The smallest absolute Gasteiger partial charge is 0.290 e. The highest BCUT2D eigenvalue weighted by Gasteiger charge is 2.27. The van der Waals surface area contributed by atoms with Crippen molar-refractivity contribution in [3.8, 4) is 0 Å². The zero-order valence-corrected chi connectivity index (χ0v) is 13.7. The third-order valence-electron chi connectivity index (χ3n) is 4.56. The maximum Gasteiger partial charge on any atom is 0.290 e. The summed E-state index contributed by atoms with van der Waals surface area (Å²) in [6.45, 7) is 6.67. The number of aromatic amines is 1. The monoisotopic (exact) mass is 325 g/mol. The Balaban J connectivity index is 1.53. The summed E-state index contributed by atoms with van der Waals surface area (Å²) in [4.78, 5) is 20.9. The summed E-state index contributed by atoms with van der Waals surface area (Å²) >= 11 is 0. The van der Waals surface area contributed by atoms with E-state index in [1.165, 1.54) is 6.33 Å². The molecule has 24 heavy (non-hydrogen) atoms. The molecule has 1 aromatic carbocycles. The SMILES string of the molecule is Cc1ccc2c(C)c(C(=O)N3CCN(c4ncn[nH]4)CC3)oc2c1. The number of nitrogens with zero attached hydrogens (tertiary/aromatic N) is 4. The largest absolute Gasteiger partial charge is 0.451 e. The van der Waals surface area contributed by atoms with E-state index < -0.39 is 0 Å². The first-order valence-corrected chi connectivity index (χ1v) is 8.03. The molecule has 1 N–H and O–H groups in total. The average molecular weight is 325 g/mol. The van der Waals surface area contributed by atoms with Gasteiger partial charge >= 0.3 is 0 Å². The minimum atomic E-state index is -0.0430. The number of hydrogen-bond donors (Lipinski definition) is 1. The van der Waals surface area contributed by atoms with Crippen LogP contribution in [0.15, 0.2) is 28.9 Å². The van der Waals surface area contributed by atoms with Gasteiger partial charge in [-0.1, -0.05) is 12.1 Å². The average Bonchev–Trinajstić information content (AvgIpc) is 3.23. The minimum Gasteiger partial charge on any atom is -0.451 e. The molecule has 1 saturated heterocycles. The molecule has 0 bridgehead atoms. The van der Waals surface area contributed by atoms with Crippen LogP contribution < -0.4 is 4.90 Å². The van der Waals surface area contributed by atoms with E-state index in [-0.39, 0.29) is 5.91 Å². The summed E-state index contributed by atoms with van der Waals surface area (Å²) in [7, 11) is 0. The molecule has 1 amide bonds. The fourth-order valence-corrected chi connectivity index (χ4v) is 3.15. The lowest BCUT2D eigenvalue weighted by Crippen LogP contribution is -2.49.